The molecule has 0 aliphatic heterocycles. The fourth-order valence-corrected chi connectivity index (χ4v) is 3.91. The quantitative estimate of drug-likeness (QED) is 0.529. The van der Waals surface area contributed by atoms with Gasteiger partial charge in [-0.1, -0.05) is 16.8 Å². The van der Waals surface area contributed by atoms with Crippen LogP contribution in [0.5, 0.6) is 0 Å². The van der Waals surface area contributed by atoms with Crippen LogP contribution in [0, 0.1) is 13.8 Å². The van der Waals surface area contributed by atoms with Crippen LogP contribution in [0.15, 0.2) is 44.3 Å². The summed E-state index contributed by atoms with van der Waals surface area (Å²) in [7, 11) is -4.20. The normalized spacial score (nSPS) is 11.3. The fraction of sp³-hybridized carbons (Fsp3) is 0.118. The lowest BCUT2D eigenvalue weighted by molar-refractivity contribution is 0.0660. The standard InChI is InChI=1S/C17H14ClN3O7S/c1-8-11(7-19-28-8)16(22)20-10-3-4-12(18)13(5-10)21-29(25,26)15-6-14(17(23)24)27-9(15)2/h3-7,21H,1-2H3,(H,20,22)(H,23,24). The topological polar surface area (TPSA) is 152 Å². The molecule has 3 aromatic rings. The third kappa shape index (κ3) is 4.25. The van der Waals surface area contributed by atoms with Crippen LogP contribution in [-0.2, 0) is 10.0 Å². The van der Waals surface area contributed by atoms with Gasteiger partial charge in [-0.25, -0.2) is 13.2 Å². The monoisotopic (exact) mass is 439 g/mol. The first kappa shape index (κ1) is 20.4. The summed E-state index contributed by atoms with van der Waals surface area (Å²) < 4.78 is 37.3. The zero-order valence-electron chi connectivity index (χ0n) is 15.0. The van der Waals surface area contributed by atoms with E-state index in [2.05, 4.69) is 15.2 Å². The van der Waals surface area contributed by atoms with Gasteiger partial charge in [0.15, 0.2) is 0 Å². The lowest BCUT2D eigenvalue weighted by atomic mass is 10.2. The van der Waals surface area contributed by atoms with Gasteiger partial charge < -0.3 is 19.4 Å². The van der Waals surface area contributed by atoms with Crippen LogP contribution >= 0.6 is 11.6 Å². The van der Waals surface area contributed by atoms with E-state index in [9.17, 15) is 18.0 Å². The van der Waals surface area contributed by atoms with Crippen molar-refractivity contribution in [2.45, 2.75) is 18.7 Å². The summed E-state index contributed by atoms with van der Waals surface area (Å²) in [6.07, 6.45) is 1.26. The van der Waals surface area contributed by atoms with E-state index in [4.69, 9.17) is 25.6 Å². The van der Waals surface area contributed by atoms with Crippen LogP contribution in [0.1, 0.15) is 32.4 Å². The van der Waals surface area contributed by atoms with E-state index in [1.165, 1.54) is 31.3 Å². The Hall–Kier alpha value is -3.31. The van der Waals surface area contributed by atoms with Crippen molar-refractivity contribution in [3.05, 3.63) is 58.3 Å². The molecule has 0 aliphatic carbocycles. The summed E-state index contributed by atoms with van der Waals surface area (Å²) >= 11 is 6.06. The van der Waals surface area contributed by atoms with Crippen molar-refractivity contribution >= 4 is 44.9 Å². The van der Waals surface area contributed by atoms with Gasteiger partial charge in [0.2, 0.25) is 5.76 Å². The number of sulfonamides is 1. The highest BCUT2D eigenvalue weighted by molar-refractivity contribution is 7.92. The molecule has 1 amide bonds. The van der Waals surface area contributed by atoms with Crippen LogP contribution in [0.4, 0.5) is 11.4 Å². The lowest BCUT2D eigenvalue weighted by Gasteiger charge is -2.11. The van der Waals surface area contributed by atoms with Gasteiger partial charge in [-0.2, -0.15) is 0 Å². The number of rotatable bonds is 6. The van der Waals surface area contributed by atoms with Gasteiger partial charge in [0.1, 0.15) is 22.0 Å². The van der Waals surface area contributed by atoms with Crippen molar-refractivity contribution in [3.8, 4) is 0 Å². The second kappa shape index (κ2) is 7.60. The number of aromatic carboxylic acids is 1. The molecule has 0 radical (unpaired) electrons. The van der Waals surface area contributed by atoms with Crippen LogP contribution in [-0.4, -0.2) is 30.6 Å². The molecule has 0 fully saturated rings. The van der Waals surface area contributed by atoms with E-state index in [1.807, 2.05) is 0 Å². The minimum atomic E-state index is -4.20. The number of carbonyl (C=O) groups is 2. The Bertz CT molecular complexity index is 1210. The number of carbonyl (C=O) groups excluding carboxylic acids is 1. The second-order valence-electron chi connectivity index (χ2n) is 5.89. The summed E-state index contributed by atoms with van der Waals surface area (Å²) in [6, 6.07) is 5.08. The highest BCUT2D eigenvalue weighted by atomic mass is 35.5. The molecule has 0 atom stereocenters. The average molecular weight is 440 g/mol. The summed E-state index contributed by atoms with van der Waals surface area (Å²) in [5.74, 6) is -2.20. The predicted molar refractivity (Wildman–Crippen MR) is 102 cm³/mol. The molecular weight excluding hydrogens is 426 g/mol. The number of aryl methyl sites for hydroxylation is 2. The Balaban J connectivity index is 1.87. The van der Waals surface area contributed by atoms with Crippen molar-refractivity contribution in [2.75, 3.05) is 10.0 Å². The molecule has 0 saturated heterocycles. The van der Waals surface area contributed by atoms with E-state index in [0.717, 1.165) is 6.07 Å². The highest BCUT2D eigenvalue weighted by Gasteiger charge is 2.25. The number of hydrogen-bond donors (Lipinski definition) is 3. The minimum Gasteiger partial charge on any atom is -0.475 e. The summed E-state index contributed by atoms with van der Waals surface area (Å²) in [4.78, 5) is 22.9. The van der Waals surface area contributed by atoms with Gasteiger partial charge in [-0.05, 0) is 32.0 Å². The van der Waals surface area contributed by atoms with E-state index in [0.29, 0.717) is 5.76 Å². The van der Waals surface area contributed by atoms with Crippen LogP contribution < -0.4 is 10.0 Å². The van der Waals surface area contributed by atoms with Gasteiger partial charge in [0.25, 0.3) is 15.9 Å². The molecule has 10 nitrogen and oxygen atoms in total. The first-order chi connectivity index (χ1) is 13.6. The molecule has 0 aliphatic rings. The van der Waals surface area contributed by atoms with E-state index in [-0.39, 0.29) is 32.6 Å². The molecule has 2 heterocycles. The fourth-order valence-electron chi connectivity index (χ4n) is 2.43. The first-order valence-corrected chi connectivity index (χ1v) is 9.83. The van der Waals surface area contributed by atoms with E-state index >= 15 is 0 Å². The van der Waals surface area contributed by atoms with Crippen LogP contribution in [0.2, 0.25) is 5.02 Å². The molecule has 3 N–H and O–H groups in total. The maximum atomic E-state index is 12.6. The Labute approximate surface area is 169 Å². The smallest absolute Gasteiger partial charge is 0.371 e. The maximum absolute atomic E-state index is 12.6. The molecule has 0 unspecified atom stereocenters. The zero-order valence-corrected chi connectivity index (χ0v) is 16.6. The Morgan fingerprint density at radius 1 is 1.17 bits per heavy atom. The number of furan rings is 1. The molecule has 12 heteroatoms. The number of anilines is 2. The third-order valence-corrected chi connectivity index (χ3v) is 5.64. The largest absolute Gasteiger partial charge is 0.475 e. The SMILES string of the molecule is Cc1oncc1C(=O)Nc1ccc(Cl)c(NS(=O)(=O)c2cc(C(=O)O)oc2C)c1. The minimum absolute atomic E-state index is 0.0241. The lowest BCUT2D eigenvalue weighted by Crippen LogP contribution is -2.15. The summed E-state index contributed by atoms with van der Waals surface area (Å²) in [5, 5.41) is 15.1. The van der Waals surface area contributed by atoms with Gasteiger partial charge in [0, 0.05) is 11.8 Å². The maximum Gasteiger partial charge on any atom is 0.371 e. The molecule has 2 aromatic heterocycles. The third-order valence-electron chi connectivity index (χ3n) is 3.84. The van der Waals surface area contributed by atoms with Crippen LogP contribution in [0.25, 0.3) is 0 Å². The van der Waals surface area contributed by atoms with Gasteiger partial charge in [-0.15, -0.1) is 0 Å². The predicted octanol–water partition coefficient (Wildman–Crippen LogP) is 3.29. The molecule has 0 saturated carbocycles. The summed E-state index contributed by atoms with van der Waals surface area (Å²) in [5.41, 5.74) is 0.453. The number of carboxylic acids is 1. The Morgan fingerprint density at radius 2 is 1.90 bits per heavy atom. The van der Waals surface area contributed by atoms with Crippen LogP contribution in [0.3, 0.4) is 0 Å². The molecular formula is C17H14ClN3O7S. The molecule has 0 bridgehead atoms. The van der Waals surface area contributed by atoms with E-state index in [1.54, 1.807) is 6.92 Å². The number of hydrogen-bond acceptors (Lipinski definition) is 7. The molecule has 29 heavy (non-hydrogen) atoms. The van der Waals surface area contributed by atoms with Crippen molar-refractivity contribution in [1.82, 2.24) is 5.16 Å². The number of benzene rings is 1. The summed E-state index contributed by atoms with van der Waals surface area (Å²) in [6.45, 7) is 2.89. The number of aromatic nitrogens is 1. The molecule has 3 rings (SSSR count). The highest BCUT2D eigenvalue weighted by Crippen LogP contribution is 2.30. The molecule has 152 valence electrons. The number of carboxylic acid groups (broad SMARTS) is 1. The van der Waals surface area contributed by atoms with Gasteiger partial charge >= 0.3 is 5.97 Å². The van der Waals surface area contributed by atoms with Crippen molar-refractivity contribution < 1.29 is 32.1 Å². The average Bonchev–Trinajstić information content (AvgIpc) is 3.24. The zero-order chi connectivity index (χ0) is 21.3. The first-order valence-electron chi connectivity index (χ1n) is 7.97. The number of amides is 1. The number of nitrogens with one attached hydrogen (secondary N) is 2. The second-order valence-corrected chi connectivity index (χ2v) is 7.94. The Morgan fingerprint density at radius 3 is 2.48 bits per heavy atom. The van der Waals surface area contributed by atoms with Gasteiger partial charge in [0.05, 0.1) is 16.9 Å². The van der Waals surface area contributed by atoms with Crippen molar-refractivity contribution in [2.24, 2.45) is 0 Å². The van der Waals surface area contributed by atoms with Crippen molar-refractivity contribution in [1.29, 1.82) is 0 Å². The number of nitrogens with zero attached hydrogens (tertiary/aromatic N) is 1. The number of halogens is 1. The molecule has 1 aromatic carbocycles. The van der Waals surface area contributed by atoms with Gasteiger partial charge in [-0.3, -0.25) is 9.52 Å². The van der Waals surface area contributed by atoms with Crippen molar-refractivity contribution in [3.63, 3.8) is 0 Å². The van der Waals surface area contributed by atoms with E-state index < -0.39 is 27.7 Å². The Kier molecular flexibility index (Phi) is 5.36. The molecule has 0 spiro atoms.